The van der Waals surface area contributed by atoms with Crippen LogP contribution in [0.3, 0.4) is 0 Å². The van der Waals surface area contributed by atoms with Crippen molar-refractivity contribution >= 4 is 28.1 Å². The summed E-state index contributed by atoms with van der Waals surface area (Å²) in [4.78, 5) is 4.14. The Labute approximate surface area is 113 Å². The molecule has 2 aromatic rings. The molecule has 2 heterocycles. The van der Waals surface area contributed by atoms with Crippen LogP contribution >= 0.6 is 28.1 Å². The molecule has 0 aromatic carbocycles. The minimum absolute atomic E-state index is 0.512. The van der Waals surface area contributed by atoms with Crippen molar-refractivity contribution in [1.29, 1.82) is 0 Å². The van der Waals surface area contributed by atoms with Crippen LogP contribution in [0.25, 0.3) is 11.4 Å². The van der Waals surface area contributed by atoms with Crippen LogP contribution in [-0.4, -0.2) is 19.7 Å². The van der Waals surface area contributed by atoms with E-state index in [1.165, 1.54) is 0 Å². The average molecular weight is 313 g/mol. The number of aromatic nitrogens is 4. The average Bonchev–Trinajstić information content (AvgIpc) is 2.60. The predicted molar refractivity (Wildman–Crippen MR) is 73.2 cm³/mol. The number of aromatic amines is 1. The molecule has 0 aliphatic rings. The molecule has 6 heteroatoms. The quantitative estimate of drug-likeness (QED) is 0.883. The summed E-state index contributed by atoms with van der Waals surface area (Å²) in [6.07, 6.45) is 3.53. The van der Waals surface area contributed by atoms with Gasteiger partial charge in [0.2, 0.25) is 0 Å². The molecule has 0 amide bonds. The fourth-order valence-corrected chi connectivity index (χ4v) is 2.18. The number of rotatable bonds is 3. The second-order valence-electron chi connectivity index (χ2n) is 4.25. The van der Waals surface area contributed by atoms with Crippen molar-refractivity contribution in [2.24, 2.45) is 5.92 Å². The molecule has 90 valence electrons. The summed E-state index contributed by atoms with van der Waals surface area (Å²) in [6, 6.07) is 1.98. The van der Waals surface area contributed by atoms with Crippen molar-refractivity contribution in [2.75, 3.05) is 0 Å². The lowest BCUT2D eigenvalue weighted by molar-refractivity contribution is 0.521. The van der Waals surface area contributed by atoms with Crippen molar-refractivity contribution in [1.82, 2.24) is 19.7 Å². The predicted octanol–water partition coefficient (Wildman–Crippen LogP) is 3.42. The third-order valence-corrected chi connectivity index (χ3v) is 3.01. The van der Waals surface area contributed by atoms with Gasteiger partial charge in [-0.25, -0.2) is 0 Å². The molecule has 0 atom stereocenters. The zero-order valence-electron chi connectivity index (χ0n) is 9.64. The molecule has 4 nitrogen and oxygen atoms in total. The zero-order valence-corrected chi connectivity index (χ0v) is 12.0. The van der Waals surface area contributed by atoms with Gasteiger partial charge in [-0.1, -0.05) is 13.8 Å². The Morgan fingerprint density at radius 1 is 1.47 bits per heavy atom. The number of nitrogens with one attached hydrogen (secondary N) is 1. The summed E-state index contributed by atoms with van der Waals surface area (Å²) in [6.45, 7) is 5.15. The molecule has 0 saturated carbocycles. The van der Waals surface area contributed by atoms with E-state index in [1.54, 1.807) is 12.4 Å². The van der Waals surface area contributed by atoms with Crippen LogP contribution in [0.2, 0.25) is 0 Å². The van der Waals surface area contributed by atoms with Gasteiger partial charge in [0.15, 0.2) is 10.6 Å². The fourth-order valence-electron chi connectivity index (χ4n) is 1.61. The lowest BCUT2D eigenvalue weighted by atomic mass is 10.2. The van der Waals surface area contributed by atoms with E-state index in [0.717, 1.165) is 22.4 Å². The minimum atomic E-state index is 0.512. The maximum Gasteiger partial charge on any atom is 0.195 e. The molecule has 2 rings (SSSR count). The molecule has 1 N–H and O–H groups in total. The summed E-state index contributed by atoms with van der Waals surface area (Å²) in [7, 11) is 0. The standard InChI is InChI=1S/C11H13BrN4S/c1-7(2)6-16-10(14-15-11(16)17)8-3-9(12)5-13-4-8/h3-5,7H,6H2,1-2H3,(H,15,17). The van der Waals surface area contributed by atoms with Gasteiger partial charge in [-0.3, -0.25) is 14.6 Å². The molecule has 2 aromatic heterocycles. The van der Waals surface area contributed by atoms with Gasteiger partial charge in [-0.2, -0.15) is 5.10 Å². The Balaban J connectivity index is 2.49. The van der Waals surface area contributed by atoms with Crippen LogP contribution in [0.1, 0.15) is 13.8 Å². The maximum atomic E-state index is 5.24. The van der Waals surface area contributed by atoms with Crippen molar-refractivity contribution in [2.45, 2.75) is 20.4 Å². The highest BCUT2D eigenvalue weighted by molar-refractivity contribution is 9.10. The molecule has 0 aliphatic carbocycles. The topological polar surface area (TPSA) is 46.5 Å². The fraction of sp³-hybridized carbons (Fsp3) is 0.364. The smallest absolute Gasteiger partial charge is 0.195 e. The van der Waals surface area contributed by atoms with Gasteiger partial charge in [0.25, 0.3) is 0 Å². The van der Waals surface area contributed by atoms with E-state index in [-0.39, 0.29) is 0 Å². The van der Waals surface area contributed by atoms with Crippen molar-refractivity contribution in [3.05, 3.63) is 27.7 Å². The zero-order chi connectivity index (χ0) is 12.4. The van der Waals surface area contributed by atoms with Gasteiger partial charge in [0.1, 0.15) is 0 Å². The van der Waals surface area contributed by atoms with E-state index in [0.29, 0.717) is 10.7 Å². The highest BCUT2D eigenvalue weighted by Gasteiger charge is 2.10. The first-order chi connectivity index (χ1) is 8.08. The van der Waals surface area contributed by atoms with E-state index in [9.17, 15) is 0 Å². The number of H-pyrrole nitrogens is 1. The molecular formula is C11H13BrN4S. The van der Waals surface area contributed by atoms with Crippen LogP contribution in [0.15, 0.2) is 22.9 Å². The monoisotopic (exact) mass is 312 g/mol. The summed E-state index contributed by atoms with van der Waals surface area (Å²) < 4.78 is 3.58. The van der Waals surface area contributed by atoms with Gasteiger partial charge in [-0.15, -0.1) is 0 Å². The summed E-state index contributed by atoms with van der Waals surface area (Å²) >= 11 is 8.64. The Hall–Kier alpha value is -1.01. The normalized spacial score (nSPS) is 11.1. The molecule has 17 heavy (non-hydrogen) atoms. The van der Waals surface area contributed by atoms with Gasteiger partial charge in [0, 0.05) is 29.0 Å². The Bertz CT molecular complexity index is 573. The van der Waals surface area contributed by atoms with Crippen LogP contribution in [0.5, 0.6) is 0 Å². The van der Waals surface area contributed by atoms with Crippen LogP contribution in [0.4, 0.5) is 0 Å². The summed E-state index contributed by atoms with van der Waals surface area (Å²) in [5.41, 5.74) is 0.951. The number of nitrogens with zero attached hydrogens (tertiary/aromatic N) is 3. The number of hydrogen-bond acceptors (Lipinski definition) is 3. The van der Waals surface area contributed by atoms with Crippen LogP contribution < -0.4 is 0 Å². The van der Waals surface area contributed by atoms with Gasteiger partial charge >= 0.3 is 0 Å². The largest absolute Gasteiger partial charge is 0.300 e. The number of hydrogen-bond donors (Lipinski definition) is 1. The molecule has 0 aliphatic heterocycles. The summed E-state index contributed by atoms with van der Waals surface area (Å²) in [5.74, 6) is 1.34. The van der Waals surface area contributed by atoms with E-state index in [2.05, 4.69) is 45.0 Å². The third kappa shape index (κ3) is 2.81. The third-order valence-electron chi connectivity index (χ3n) is 2.27. The molecule has 0 bridgehead atoms. The molecule has 0 radical (unpaired) electrons. The van der Waals surface area contributed by atoms with Crippen molar-refractivity contribution < 1.29 is 0 Å². The highest BCUT2D eigenvalue weighted by atomic mass is 79.9. The number of pyridine rings is 1. The lowest BCUT2D eigenvalue weighted by Gasteiger charge is -2.09. The Morgan fingerprint density at radius 3 is 2.88 bits per heavy atom. The van der Waals surface area contributed by atoms with E-state index in [1.807, 2.05) is 10.6 Å². The minimum Gasteiger partial charge on any atom is -0.300 e. The lowest BCUT2D eigenvalue weighted by Crippen LogP contribution is -2.06. The summed E-state index contributed by atoms with van der Waals surface area (Å²) in [5, 5.41) is 7.10. The van der Waals surface area contributed by atoms with Gasteiger partial charge in [-0.05, 0) is 40.1 Å². The van der Waals surface area contributed by atoms with Crippen LogP contribution in [-0.2, 0) is 6.54 Å². The maximum absolute atomic E-state index is 5.24. The van der Waals surface area contributed by atoms with Gasteiger partial charge < -0.3 is 0 Å². The van der Waals surface area contributed by atoms with Crippen LogP contribution in [0, 0.1) is 10.7 Å². The molecule has 0 fully saturated rings. The Kier molecular flexibility index (Phi) is 3.73. The first-order valence-electron chi connectivity index (χ1n) is 5.34. The molecule has 0 saturated heterocycles. The molecule has 0 spiro atoms. The van der Waals surface area contributed by atoms with Crippen molar-refractivity contribution in [3.63, 3.8) is 0 Å². The van der Waals surface area contributed by atoms with Crippen molar-refractivity contribution in [3.8, 4) is 11.4 Å². The first kappa shape index (κ1) is 12.4. The van der Waals surface area contributed by atoms with E-state index in [4.69, 9.17) is 12.2 Å². The van der Waals surface area contributed by atoms with E-state index < -0.39 is 0 Å². The first-order valence-corrected chi connectivity index (χ1v) is 6.54. The molecule has 0 unspecified atom stereocenters. The van der Waals surface area contributed by atoms with E-state index >= 15 is 0 Å². The molecular weight excluding hydrogens is 300 g/mol. The highest BCUT2D eigenvalue weighted by Crippen LogP contribution is 2.20. The number of halogens is 1. The second-order valence-corrected chi connectivity index (χ2v) is 5.55. The van der Waals surface area contributed by atoms with Gasteiger partial charge in [0.05, 0.1) is 0 Å². The second kappa shape index (κ2) is 5.10. The Morgan fingerprint density at radius 2 is 2.24 bits per heavy atom. The SMILES string of the molecule is CC(C)Cn1c(-c2cncc(Br)c2)n[nH]c1=S.